The van der Waals surface area contributed by atoms with E-state index >= 15 is 0 Å². The zero-order valence-electron chi connectivity index (χ0n) is 21.9. The highest BCUT2D eigenvalue weighted by Crippen LogP contribution is 2.39. The second kappa shape index (κ2) is 15.3. The van der Waals surface area contributed by atoms with E-state index in [4.69, 9.17) is 21.0 Å². The molecule has 3 aliphatic rings. The van der Waals surface area contributed by atoms with Gasteiger partial charge in [0, 0.05) is 31.8 Å². The molecule has 0 radical (unpaired) electrons. The van der Waals surface area contributed by atoms with Crippen LogP contribution in [0.3, 0.4) is 0 Å². The van der Waals surface area contributed by atoms with Gasteiger partial charge in [0.1, 0.15) is 0 Å². The Labute approximate surface area is 228 Å². The van der Waals surface area contributed by atoms with Crippen LogP contribution in [-0.2, 0) is 14.3 Å². The maximum atomic E-state index is 12.0. The van der Waals surface area contributed by atoms with E-state index < -0.39 is 24.3 Å². The first kappa shape index (κ1) is 32.9. The molecule has 2 saturated heterocycles. The molecule has 0 aromatic carbocycles. The van der Waals surface area contributed by atoms with E-state index in [9.17, 15) is 9.59 Å². The van der Waals surface area contributed by atoms with Gasteiger partial charge >= 0.3 is 5.97 Å². The number of hydrogen-bond donors (Lipinski definition) is 4. The summed E-state index contributed by atoms with van der Waals surface area (Å²) in [4.78, 5) is 27.3. The summed E-state index contributed by atoms with van der Waals surface area (Å²) in [5, 5.41) is 19.3. The number of halogens is 2. The molecule has 9 nitrogen and oxygen atoms in total. The van der Waals surface area contributed by atoms with Crippen molar-refractivity contribution in [3.63, 3.8) is 0 Å². The second-order valence-corrected chi connectivity index (χ2v) is 11.2. The Morgan fingerprint density at radius 2 is 1.81 bits per heavy atom. The SMILES string of the molecule is CC1(C)CCC[C@@H](N2CCCC[C@H]2CCOC2CCN(C(=N)NC(=O)[C@@H](N)CC(=O)O)CC2)C1.Cl.Cl. The molecule has 1 aliphatic carbocycles. The lowest BCUT2D eigenvalue weighted by atomic mass is 9.74. The Morgan fingerprint density at radius 1 is 1.11 bits per heavy atom. The quantitative estimate of drug-likeness (QED) is 0.268. The summed E-state index contributed by atoms with van der Waals surface area (Å²) in [6.07, 6.45) is 11.7. The predicted octanol–water partition coefficient (Wildman–Crippen LogP) is 3.38. The molecular formula is C25H47Cl2N5O4. The molecule has 36 heavy (non-hydrogen) atoms. The Morgan fingerprint density at radius 3 is 2.44 bits per heavy atom. The van der Waals surface area contributed by atoms with E-state index in [1.807, 2.05) is 0 Å². The van der Waals surface area contributed by atoms with E-state index in [1.165, 1.54) is 51.5 Å². The minimum atomic E-state index is -1.15. The van der Waals surface area contributed by atoms with E-state index in [-0.39, 0.29) is 36.9 Å². The first-order chi connectivity index (χ1) is 16.1. The molecule has 2 aliphatic heterocycles. The second-order valence-electron chi connectivity index (χ2n) is 11.2. The first-order valence-electron chi connectivity index (χ1n) is 13.1. The lowest BCUT2D eigenvalue weighted by molar-refractivity contribution is -0.139. The number of carbonyl (C=O) groups is 2. The topological polar surface area (TPSA) is 132 Å². The minimum Gasteiger partial charge on any atom is -0.481 e. The number of amides is 1. The summed E-state index contributed by atoms with van der Waals surface area (Å²) in [5.41, 5.74) is 6.04. The van der Waals surface area contributed by atoms with Crippen molar-refractivity contribution >= 4 is 42.7 Å². The van der Waals surface area contributed by atoms with Crippen LogP contribution in [0.4, 0.5) is 0 Å². The van der Waals surface area contributed by atoms with Crippen molar-refractivity contribution in [2.45, 2.75) is 109 Å². The lowest BCUT2D eigenvalue weighted by Crippen LogP contribution is -2.52. The molecule has 3 fully saturated rings. The Hall–Kier alpha value is -1.13. The molecule has 0 spiro atoms. The minimum absolute atomic E-state index is 0. The number of nitrogens with two attached hydrogens (primary N) is 1. The van der Waals surface area contributed by atoms with Crippen molar-refractivity contribution in [1.82, 2.24) is 15.1 Å². The molecule has 1 saturated carbocycles. The number of carboxylic acid groups (broad SMARTS) is 1. The zero-order valence-corrected chi connectivity index (χ0v) is 23.5. The van der Waals surface area contributed by atoms with Crippen molar-refractivity contribution in [3.05, 3.63) is 0 Å². The molecule has 0 aromatic rings. The van der Waals surface area contributed by atoms with Gasteiger partial charge in [-0.1, -0.05) is 26.7 Å². The van der Waals surface area contributed by atoms with Gasteiger partial charge in [-0.25, -0.2) is 0 Å². The number of piperidine rings is 2. The Bertz CT molecular complexity index is 719. The van der Waals surface area contributed by atoms with Crippen LogP contribution in [0.15, 0.2) is 0 Å². The summed E-state index contributed by atoms with van der Waals surface area (Å²) in [7, 11) is 0. The van der Waals surface area contributed by atoms with Gasteiger partial charge in [0.25, 0.3) is 0 Å². The van der Waals surface area contributed by atoms with Gasteiger partial charge in [0.2, 0.25) is 5.91 Å². The molecule has 3 rings (SSSR count). The largest absolute Gasteiger partial charge is 0.481 e. The highest BCUT2D eigenvalue weighted by molar-refractivity contribution is 5.99. The van der Waals surface area contributed by atoms with Crippen molar-refractivity contribution < 1.29 is 19.4 Å². The van der Waals surface area contributed by atoms with Crippen molar-refractivity contribution in [3.8, 4) is 0 Å². The fourth-order valence-corrected chi connectivity index (χ4v) is 5.94. The van der Waals surface area contributed by atoms with E-state index in [0.717, 1.165) is 31.9 Å². The number of likely N-dealkylation sites (tertiary alicyclic amines) is 2. The van der Waals surface area contributed by atoms with Crippen LogP contribution in [0.5, 0.6) is 0 Å². The van der Waals surface area contributed by atoms with Crippen LogP contribution in [0, 0.1) is 10.8 Å². The van der Waals surface area contributed by atoms with Gasteiger partial charge in [0.05, 0.1) is 18.6 Å². The van der Waals surface area contributed by atoms with Gasteiger partial charge < -0.3 is 20.5 Å². The van der Waals surface area contributed by atoms with Crippen LogP contribution in [0.25, 0.3) is 0 Å². The maximum Gasteiger partial charge on any atom is 0.305 e. The van der Waals surface area contributed by atoms with Crippen LogP contribution in [0.2, 0.25) is 0 Å². The molecule has 5 N–H and O–H groups in total. The summed E-state index contributed by atoms with van der Waals surface area (Å²) in [6, 6.07) is 0.200. The number of nitrogens with one attached hydrogen (secondary N) is 2. The lowest BCUT2D eigenvalue weighted by Gasteiger charge is -2.46. The fraction of sp³-hybridized carbons (Fsp3) is 0.880. The molecule has 210 valence electrons. The van der Waals surface area contributed by atoms with E-state index in [1.54, 1.807) is 4.90 Å². The Kier molecular flexibility index (Phi) is 14.0. The summed E-state index contributed by atoms with van der Waals surface area (Å²) < 4.78 is 6.26. The third-order valence-corrected chi connectivity index (χ3v) is 7.86. The van der Waals surface area contributed by atoms with Crippen molar-refractivity contribution in [2.75, 3.05) is 26.2 Å². The Balaban J connectivity index is 0.00000324. The number of rotatable bonds is 8. The molecule has 0 bridgehead atoms. The number of aliphatic carboxylic acids is 1. The molecular weight excluding hydrogens is 505 g/mol. The summed E-state index contributed by atoms with van der Waals surface area (Å²) in [6.45, 7) is 8.11. The monoisotopic (exact) mass is 551 g/mol. The average molecular weight is 553 g/mol. The van der Waals surface area contributed by atoms with Crippen LogP contribution in [0.1, 0.15) is 84.5 Å². The smallest absolute Gasteiger partial charge is 0.305 e. The highest BCUT2D eigenvalue weighted by Gasteiger charge is 2.35. The summed E-state index contributed by atoms with van der Waals surface area (Å²) >= 11 is 0. The summed E-state index contributed by atoms with van der Waals surface area (Å²) in [5.74, 6) is -1.78. The number of guanidine groups is 1. The highest BCUT2D eigenvalue weighted by atomic mass is 35.5. The van der Waals surface area contributed by atoms with E-state index in [2.05, 4.69) is 24.1 Å². The number of hydrogen-bond acceptors (Lipinski definition) is 6. The van der Waals surface area contributed by atoms with Gasteiger partial charge in [-0.05, 0) is 63.3 Å². The molecule has 0 aromatic heterocycles. The molecule has 3 atom stereocenters. The van der Waals surface area contributed by atoms with E-state index in [0.29, 0.717) is 24.5 Å². The standard InChI is InChI=1S/C25H45N5O4.2ClH/c1-25(2)11-5-7-19(17-25)30-12-4-3-6-18(30)10-15-34-20-8-13-29(14-9-20)24(27)28-23(33)21(26)16-22(31)32;;/h18-21H,3-17,26H2,1-2H3,(H,31,32)(H2,27,28,33);2*1H/t18-,19+,21-;;/m0../s1. The zero-order chi connectivity index (χ0) is 24.7. The normalized spacial score (nSPS) is 25.7. The first-order valence-corrected chi connectivity index (χ1v) is 13.1. The van der Waals surface area contributed by atoms with Crippen LogP contribution < -0.4 is 11.1 Å². The third-order valence-electron chi connectivity index (χ3n) is 7.86. The van der Waals surface area contributed by atoms with Gasteiger partial charge in [-0.2, -0.15) is 0 Å². The molecule has 1 amide bonds. The van der Waals surface area contributed by atoms with Crippen LogP contribution in [-0.4, -0.2) is 83.2 Å². The number of ether oxygens (including phenoxy) is 1. The van der Waals surface area contributed by atoms with Crippen LogP contribution >= 0.6 is 24.8 Å². The fourth-order valence-electron chi connectivity index (χ4n) is 5.94. The molecule has 2 heterocycles. The number of carboxylic acids is 1. The number of nitrogens with zero attached hydrogens (tertiary/aromatic N) is 2. The van der Waals surface area contributed by atoms with Crippen molar-refractivity contribution in [1.29, 1.82) is 5.41 Å². The predicted molar refractivity (Wildman–Crippen MR) is 146 cm³/mol. The van der Waals surface area contributed by atoms with Gasteiger partial charge in [0.15, 0.2) is 5.96 Å². The number of carbonyl (C=O) groups excluding carboxylic acids is 1. The maximum absolute atomic E-state index is 12.0. The average Bonchev–Trinajstić information content (AvgIpc) is 2.78. The third kappa shape index (κ3) is 9.97. The van der Waals surface area contributed by atoms with Gasteiger partial charge in [-0.15, -0.1) is 24.8 Å². The van der Waals surface area contributed by atoms with Crippen molar-refractivity contribution in [2.24, 2.45) is 11.1 Å². The molecule has 0 unspecified atom stereocenters. The van der Waals surface area contributed by atoms with Gasteiger partial charge in [-0.3, -0.25) is 25.2 Å². The molecule has 11 heteroatoms.